The highest BCUT2D eigenvalue weighted by Gasteiger charge is 2.32. The first-order valence-electron chi connectivity index (χ1n) is 7.13. The van der Waals surface area contributed by atoms with Crippen molar-refractivity contribution in [2.75, 3.05) is 47.1 Å². The zero-order valence-electron chi connectivity index (χ0n) is 12.7. The molecule has 0 bridgehead atoms. The predicted molar refractivity (Wildman–Crippen MR) is 76.9 cm³/mol. The van der Waals surface area contributed by atoms with Gasteiger partial charge in [-0.1, -0.05) is 20.3 Å². The Labute approximate surface area is 113 Å². The van der Waals surface area contributed by atoms with Gasteiger partial charge < -0.3 is 15.2 Å². The first-order chi connectivity index (χ1) is 8.70. The third-order valence-corrected chi connectivity index (χ3v) is 3.77. The van der Waals surface area contributed by atoms with E-state index in [0.29, 0.717) is 6.54 Å². The molecule has 4 heteroatoms. The van der Waals surface area contributed by atoms with E-state index in [1.807, 2.05) is 0 Å². The van der Waals surface area contributed by atoms with Gasteiger partial charge in [-0.3, -0.25) is 4.90 Å². The second-order valence-corrected chi connectivity index (χ2v) is 4.86. The summed E-state index contributed by atoms with van der Waals surface area (Å²) < 4.78 is 10.4. The summed E-state index contributed by atoms with van der Waals surface area (Å²) >= 11 is 0. The van der Waals surface area contributed by atoms with Gasteiger partial charge in [0.2, 0.25) is 0 Å². The normalized spacial score (nSPS) is 15.0. The lowest BCUT2D eigenvalue weighted by Crippen LogP contribution is -2.55. The molecule has 18 heavy (non-hydrogen) atoms. The van der Waals surface area contributed by atoms with Gasteiger partial charge in [0.15, 0.2) is 0 Å². The number of nitrogens with zero attached hydrogens (tertiary/aromatic N) is 1. The van der Waals surface area contributed by atoms with Crippen LogP contribution in [0.1, 0.15) is 39.5 Å². The van der Waals surface area contributed by atoms with Crippen LogP contribution >= 0.6 is 0 Å². The van der Waals surface area contributed by atoms with Crippen molar-refractivity contribution in [1.82, 2.24) is 4.90 Å². The maximum absolute atomic E-state index is 6.07. The third-order valence-electron chi connectivity index (χ3n) is 3.77. The van der Waals surface area contributed by atoms with Gasteiger partial charge in [-0.05, 0) is 19.3 Å². The Hall–Kier alpha value is -0.160. The second-order valence-electron chi connectivity index (χ2n) is 4.86. The van der Waals surface area contributed by atoms with Gasteiger partial charge in [-0.2, -0.15) is 0 Å². The molecule has 110 valence electrons. The van der Waals surface area contributed by atoms with Crippen molar-refractivity contribution in [2.45, 2.75) is 45.1 Å². The molecule has 1 unspecified atom stereocenters. The van der Waals surface area contributed by atoms with E-state index < -0.39 is 0 Å². The van der Waals surface area contributed by atoms with E-state index >= 15 is 0 Å². The van der Waals surface area contributed by atoms with E-state index in [2.05, 4.69) is 18.7 Å². The topological polar surface area (TPSA) is 47.7 Å². The van der Waals surface area contributed by atoms with Gasteiger partial charge >= 0.3 is 0 Å². The maximum atomic E-state index is 6.07. The molecule has 0 aliphatic rings. The van der Waals surface area contributed by atoms with Crippen LogP contribution in [-0.4, -0.2) is 57.5 Å². The zero-order valence-corrected chi connectivity index (χ0v) is 12.7. The highest BCUT2D eigenvalue weighted by molar-refractivity contribution is 4.90. The molecule has 0 fully saturated rings. The molecular formula is C14H32N2O2. The summed E-state index contributed by atoms with van der Waals surface area (Å²) in [7, 11) is 3.50. The minimum absolute atomic E-state index is 0.126. The average Bonchev–Trinajstić information content (AvgIpc) is 2.40. The van der Waals surface area contributed by atoms with E-state index in [4.69, 9.17) is 15.2 Å². The molecule has 2 N–H and O–H groups in total. The highest BCUT2D eigenvalue weighted by Crippen LogP contribution is 2.24. The van der Waals surface area contributed by atoms with Crippen LogP contribution in [0.25, 0.3) is 0 Å². The molecule has 0 aromatic carbocycles. The van der Waals surface area contributed by atoms with Crippen LogP contribution in [0.4, 0.5) is 0 Å². The van der Waals surface area contributed by atoms with Gasteiger partial charge in [0.25, 0.3) is 0 Å². The van der Waals surface area contributed by atoms with Gasteiger partial charge in [-0.15, -0.1) is 0 Å². The summed E-state index contributed by atoms with van der Waals surface area (Å²) in [5.74, 6) is 0. The number of hydrogen-bond acceptors (Lipinski definition) is 4. The fraction of sp³-hybridized carbons (Fsp3) is 1.00. The SMILES string of the molecule is CCCC(CC)(CN)N(CCCOC)CCOC. The summed E-state index contributed by atoms with van der Waals surface area (Å²) in [6.07, 6.45) is 4.45. The van der Waals surface area contributed by atoms with Gasteiger partial charge in [-0.25, -0.2) is 0 Å². The van der Waals surface area contributed by atoms with Crippen molar-refractivity contribution in [2.24, 2.45) is 5.73 Å². The predicted octanol–water partition coefficient (Wildman–Crippen LogP) is 1.88. The van der Waals surface area contributed by atoms with Crippen molar-refractivity contribution < 1.29 is 9.47 Å². The Bertz CT molecular complexity index is 185. The Morgan fingerprint density at radius 3 is 2.17 bits per heavy atom. The van der Waals surface area contributed by atoms with Crippen LogP contribution in [0.15, 0.2) is 0 Å². The van der Waals surface area contributed by atoms with Crippen LogP contribution in [0.5, 0.6) is 0 Å². The summed E-state index contributed by atoms with van der Waals surface area (Å²) in [6.45, 7) is 8.72. The molecule has 0 amide bonds. The Kier molecular flexibility index (Phi) is 10.6. The van der Waals surface area contributed by atoms with Crippen molar-refractivity contribution in [1.29, 1.82) is 0 Å². The molecule has 0 saturated carbocycles. The molecule has 0 spiro atoms. The molecule has 0 radical (unpaired) electrons. The number of hydrogen-bond donors (Lipinski definition) is 1. The molecule has 0 saturated heterocycles. The van der Waals surface area contributed by atoms with Crippen LogP contribution in [0, 0.1) is 0 Å². The van der Waals surface area contributed by atoms with Crippen LogP contribution in [0.2, 0.25) is 0 Å². The van der Waals surface area contributed by atoms with Crippen LogP contribution in [0.3, 0.4) is 0 Å². The van der Waals surface area contributed by atoms with Crippen molar-refractivity contribution in [3.8, 4) is 0 Å². The lowest BCUT2D eigenvalue weighted by atomic mass is 9.88. The summed E-state index contributed by atoms with van der Waals surface area (Å²) in [6, 6.07) is 0. The van der Waals surface area contributed by atoms with Gasteiger partial charge in [0.05, 0.1) is 6.61 Å². The molecule has 0 aliphatic heterocycles. The minimum atomic E-state index is 0.126. The average molecular weight is 260 g/mol. The van der Waals surface area contributed by atoms with E-state index in [-0.39, 0.29) is 5.54 Å². The van der Waals surface area contributed by atoms with E-state index in [9.17, 15) is 0 Å². The molecule has 0 aromatic heterocycles. The molecular weight excluding hydrogens is 228 g/mol. The van der Waals surface area contributed by atoms with E-state index in [1.165, 1.54) is 6.42 Å². The number of ether oxygens (including phenoxy) is 2. The lowest BCUT2D eigenvalue weighted by molar-refractivity contribution is 0.0422. The Balaban J connectivity index is 4.61. The number of rotatable bonds is 12. The first kappa shape index (κ1) is 17.8. The first-order valence-corrected chi connectivity index (χ1v) is 7.13. The fourth-order valence-electron chi connectivity index (χ4n) is 2.59. The monoisotopic (exact) mass is 260 g/mol. The summed E-state index contributed by atoms with van der Waals surface area (Å²) in [4.78, 5) is 2.50. The lowest BCUT2D eigenvalue weighted by Gasteiger charge is -2.43. The molecule has 0 rings (SSSR count). The Morgan fingerprint density at radius 2 is 1.72 bits per heavy atom. The molecule has 0 aliphatic carbocycles. The van der Waals surface area contributed by atoms with E-state index in [1.54, 1.807) is 14.2 Å². The maximum Gasteiger partial charge on any atom is 0.0589 e. The minimum Gasteiger partial charge on any atom is -0.385 e. The van der Waals surface area contributed by atoms with Gasteiger partial charge in [0.1, 0.15) is 0 Å². The Morgan fingerprint density at radius 1 is 1.06 bits per heavy atom. The van der Waals surface area contributed by atoms with Gasteiger partial charge in [0, 0.05) is 46.0 Å². The number of nitrogens with two attached hydrogens (primary N) is 1. The molecule has 1 atom stereocenters. The second kappa shape index (κ2) is 10.7. The fourth-order valence-corrected chi connectivity index (χ4v) is 2.59. The van der Waals surface area contributed by atoms with Crippen LogP contribution < -0.4 is 5.73 Å². The van der Waals surface area contributed by atoms with Crippen molar-refractivity contribution in [3.05, 3.63) is 0 Å². The third kappa shape index (κ3) is 5.65. The van der Waals surface area contributed by atoms with Crippen molar-refractivity contribution in [3.63, 3.8) is 0 Å². The standard InChI is InChI=1S/C14H32N2O2/c1-5-8-14(6-2,13-15)16(10-12-18-4)9-7-11-17-3/h5-13,15H2,1-4H3. The molecule has 0 heterocycles. The molecule has 0 aromatic rings. The van der Waals surface area contributed by atoms with E-state index in [0.717, 1.165) is 45.6 Å². The quantitative estimate of drug-likeness (QED) is 0.544. The zero-order chi connectivity index (χ0) is 13.9. The largest absolute Gasteiger partial charge is 0.385 e. The summed E-state index contributed by atoms with van der Waals surface area (Å²) in [5.41, 5.74) is 6.19. The van der Waals surface area contributed by atoms with Crippen molar-refractivity contribution >= 4 is 0 Å². The highest BCUT2D eigenvalue weighted by atomic mass is 16.5. The number of methoxy groups -OCH3 is 2. The smallest absolute Gasteiger partial charge is 0.0589 e. The summed E-state index contributed by atoms with van der Waals surface area (Å²) in [5, 5.41) is 0. The van der Waals surface area contributed by atoms with Crippen LogP contribution in [-0.2, 0) is 9.47 Å². The molecule has 4 nitrogen and oxygen atoms in total.